The van der Waals surface area contributed by atoms with E-state index < -0.39 is 0 Å². The van der Waals surface area contributed by atoms with Gasteiger partial charge in [0.05, 0.1) is 0 Å². The number of nitrogens with zero attached hydrogens (tertiary/aromatic N) is 3. The number of fused-ring (bicyclic) bond motifs is 1. The van der Waals surface area contributed by atoms with Crippen molar-refractivity contribution >= 4 is 23.1 Å². The van der Waals surface area contributed by atoms with Crippen LogP contribution in [0.1, 0.15) is 6.42 Å². The van der Waals surface area contributed by atoms with Crippen molar-refractivity contribution in [2.24, 2.45) is 0 Å². The number of anilines is 3. The summed E-state index contributed by atoms with van der Waals surface area (Å²) in [6, 6.07) is 16.4. The van der Waals surface area contributed by atoms with Crippen molar-refractivity contribution in [3.8, 4) is 0 Å². The second-order valence-corrected chi connectivity index (χ2v) is 5.44. The lowest BCUT2D eigenvalue weighted by Gasteiger charge is -2.13. The summed E-state index contributed by atoms with van der Waals surface area (Å²) in [5.41, 5.74) is 1.81. The van der Waals surface area contributed by atoms with Gasteiger partial charge in [0.15, 0.2) is 5.65 Å². The van der Waals surface area contributed by atoms with Crippen molar-refractivity contribution in [3.05, 3.63) is 48.5 Å². The van der Waals surface area contributed by atoms with Gasteiger partial charge in [0.1, 0.15) is 5.82 Å². The molecule has 3 aromatic rings. The zero-order valence-corrected chi connectivity index (χ0v) is 12.2. The molecule has 0 aliphatic carbocycles. The third-order valence-corrected chi connectivity index (χ3v) is 3.80. The number of aromatic nitrogens is 3. The van der Waals surface area contributed by atoms with Crippen LogP contribution in [0, 0.1) is 0 Å². The van der Waals surface area contributed by atoms with Gasteiger partial charge in [0.2, 0.25) is 5.95 Å². The summed E-state index contributed by atoms with van der Waals surface area (Å²) in [6.45, 7) is 2.05. The van der Waals surface area contributed by atoms with E-state index in [-0.39, 0.29) is 0 Å². The summed E-state index contributed by atoms with van der Waals surface area (Å²) in [6.07, 6.45) is 1.13. The number of rotatable bonds is 4. The molecule has 4 rings (SSSR count). The summed E-state index contributed by atoms with van der Waals surface area (Å²) in [4.78, 5) is 4.53. The smallest absolute Gasteiger partial charge is 0.247 e. The maximum absolute atomic E-state index is 4.56. The molecule has 0 radical (unpaired) electrons. The molecular formula is C16H18N6. The Hall–Kier alpha value is -2.60. The van der Waals surface area contributed by atoms with Crippen LogP contribution in [0.4, 0.5) is 17.5 Å². The van der Waals surface area contributed by atoms with Crippen LogP contribution < -0.4 is 16.0 Å². The molecule has 6 nitrogen and oxygen atoms in total. The van der Waals surface area contributed by atoms with E-state index in [0.717, 1.165) is 36.7 Å². The fourth-order valence-electron chi connectivity index (χ4n) is 2.71. The minimum Gasteiger partial charge on any atom is -0.366 e. The molecule has 22 heavy (non-hydrogen) atoms. The number of pyridine rings is 1. The lowest BCUT2D eigenvalue weighted by Crippen LogP contribution is -2.23. The van der Waals surface area contributed by atoms with E-state index in [9.17, 15) is 0 Å². The van der Waals surface area contributed by atoms with Gasteiger partial charge in [-0.3, -0.25) is 0 Å². The fraction of sp³-hybridized carbons (Fsp3) is 0.250. The molecule has 3 N–H and O–H groups in total. The molecule has 0 spiro atoms. The molecule has 1 atom stereocenters. The van der Waals surface area contributed by atoms with Gasteiger partial charge < -0.3 is 16.0 Å². The first-order valence-corrected chi connectivity index (χ1v) is 7.54. The third kappa shape index (κ3) is 2.60. The predicted octanol–water partition coefficient (Wildman–Crippen LogP) is 2.25. The van der Waals surface area contributed by atoms with Crippen LogP contribution in [-0.4, -0.2) is 33.7 Å². The maximum atomic E-state index is 4.56. The Labute approximate surface area is 128 Å². The molecule has 1 fully saturated rings. The van der Waals surface area contributed by atoms with Crippen molar-refractivity contribution < 1.29 is 0 Å². The first-order valence-electron chi connectivity index (χ1n) is 7.54. The summed E-state index contributed by atoms with van der Waals surface area (Å²) < 4.78 is 1.85. The van der Waals surface area contributed by atoms with Crippen molar-refractivity contribution in [3.63, 3.8) is 0 Å². The Balaban J connectivity index is 1.62. The van der Waals surface area contributed by atoms with Crippen molar-refractivity contribution in [1.29, 1.82) is 0 Å². The Bertz CT molecular complexity index is 761. The minimum absolute atomic E-state index is 0.445. The summed E-state index contributed by atoms with van der Waals surface area (Å²) >= 11 is 0. The molecule has 0 amide bonds. The molecule has 0 bridgehead atoms. The van der Waals surface area contributed by atoms with Gasteiger partial charge in [-0.05, 0) is 37.2 Å². The maximum Gasteiger partial charge on any atom is 0.247 e. The highest BCUT2D eigenvalue weighted by molar-refractivity contribution is 5.57. The van der Waals surface area contributed by atoms with Crippen LogP contribution in [0.15, 0.2) is 48.5 Å². The lowest BCUT2D eigenvalue weighted by molar-refractivity contribution is 0.777. The van der Waals surface area contributed by atoms with E-state index in [0.29, 0.717) is 12.0 Å². The molecule has 112 valence electrons. The highest BCUT2D eigenvalue weighted by atomic mass is 15.4. The molecule has 0 saturated carbocycles. The second-order valence-electron chi connectivity index (χ2n) is 5.44. The van der Waals surface area contributed by atoms with Crippen LogP contribution in [0.25, 0.3) is 5.65 Å². The minimum atomic E-state index is 0.445. The average molecular weight is 294 g/mol. The van der Waals surface area contributed by atoms with Crippen molar-refractivity contribution in [2.45, 2.75) is 12.5 Å². The SMILES string of the molecule is c1ccc(Nc2nc3cccc(N[C@@H]4CCNC4)n3n2)cc1. The van der Waals surface area contributed by atoms with Crippen LogP contribution in [0.2, 0.25) is 0 Å². The van der Waals surface area contributed by atoms with E-state index in [1.807, 2.05) is 53.0 Å². The van der Waals surface area contributed by atoms with Gasteiger partial charge in [-0.15, -0.1) is 5.10 Å². The van der Waals surface area contributed by atoms with E-state index in [2.05, 4.69) is 26.0 Å². The molecule has 1 aromatic carbocycles. The van der Waals surface area contributed by atoms with E-state index >= 15 is 0 Å². The Morgan fingerprint density at radius 2 is 2.00 bits per heavy atom. The highest BCUT2D eigenvalue weighted by Gasteiger charge is 2.16. The second kappa shape index (κ2) is 5.65. The number of nitrogens with one attached hydrogen (secondary N) is 3. The van der Waals surface area contributed by atoms with Crippen LogP contribution >= 0.6 is 0 Å². The molecule has 0 unspecified atom stereocenters. The average Bonchev–Trinajstić information content (AvgIpc) is 3.18. The molecular weight excluding hydrogens is 276 g/mol. The van der Waals surface area contributed by atoms with Gasteiger partial charge in [0, 0.05) is 18.3 Å². The third-order valence-electron chi connectivity index (χ3n) is 3.80. The summed E-state index contributed by atoms with van der Waals surface area (Å²) in [5.74, 6) is 1.57. The number of benzene rings is 1. The fourth-order valence-corrected chi connectivity index (χ4v) is 2.71. The quantitative estimate of drug-likeness (QED) is 0.689. The summed E-state index contributed by atoms with van der Waals surface area (Å²) in [7, 11) is 0. The van der Waals surface area contributed by atoms with Crippen LogP contribution in [0.5, 0.6) is 0 Å². The van der Waals surface area contributed by atoms with Crippen molar-refractivity contribution in [1.82, 2.24) is 19.9 Å². The molecule has 1 aliphatic rings. The highest BCUT2D eigenvalue weighted by Crippen LogP contribution is 2.17. The molecule has 1 aliphatic heterocycles. The van der Waals surface area contributed by atoms with E-state index in [1.165, 1.54) is 0 Å². The first kappa shape index (κ1) is 13.1. The molecule has 3 heterocycles. The topological polar surface area (TPSA) is 66.3 Å². The summed E-state index contributed by atoms with van der Waals surface area (Å²) in [5, 5.41) is 14.7. The Kier molecular flexibility index (Phi) is 3.36. The number of para-hydroxylation sites is 1. The normalized spacial score (nSPS) is 17.7. The zero-order chi connectivity index (χ0) is 14.8. The largest absolute Gasteiger partial charge is 0.366 e. The molecule has 2 aromatic heterocycles. The van der Waals surface area contributed by atoms with E-state index in [4.69, 9.17) is 0 Å². The Morgan fingerprint density at radius 3 is 2.82 bits per heavy atom. The van der Waals surface area contributed by atoms with Gasteiger partial charge in [-0.25, -0.2) is 0 Å². The van der Waals surface area contributed by atoms with Crippen LogP contribution in [0.3, 0.4) is 0 Å². The van der Waals surface area contributed by atoms with Crippen LogP contribution in [-0.2, 0) is 0 Å². The predicted molar refractivity (Wildman–Crippen MR) is 87.6 cm³/mol. The molecule has 6 heteroatoms. The monoisotopic (exact) mass is 294 g/mol. The standard InChI is InChI=1S/C16H18N6/c1-2-5-12(6-3-1)19-16-20-15-8-4-7-14(22(15)21-16)18-13-9-10-17-11-13/h1-8,13,17-18H,9-11H2,(H,19,21)/t13-/m1/s1. The van der Waals surface area contributed by atoms with Gasteiger partial charge in [-0.1, -0.05) is 24.3 Å². The first-order chi connectivity index (χ1) is 10.9. The van der Waals surface area contributed by atoms with Gasteiger partial charge in [0.25, 0.3) is 0 Å². The van der Waals surface area contributed by atoms with E-state index in [1.54, 1.807) is 0 Å². The Morgan fingerprint density at radius 1 is 1.09 bits per heavy atom. The molecule has 1 saturated heterocycles. The number of hydrogen-bond acceptors (Lipinski definition) is 5. The number of hydrogen-bond donors (Lipinski definition) is 3. The van der Waals surface area contributed by atoms with Gasteiger partial charge >= 0.3 is 0 Å². The van der Waals surface area contributed by atoms with Gasteiger partial charge in [-0.2, -0.15) is 9.50 Å². The lowest BCUT2D eigenvalue weighted by atomic mass is 10.2. The van der Waals surface area contributed by atoms with Crippen molar-refractivity contribution in [2.75, 3.05) is 23.7 Å². The zero-order valence-electron chi connectivity index (χ0n) is 12.2.